The second-order valence-corrected chi connectivity index (χ2v) is 10.5. The molecule has 0 saturated heterocycles. The van der Waals surface area contributed by atoms with Crippen LogP contribution in [0, 0.1) is 11.3 Å². The molecule has 188 valence electrons. The molecule has 3 rings (SSSR count). The molecular formula is C25H27N3O7Si. The lowest BCUT2D eigenvalue weighted by Gasteiger charge is -2.36. The predicted octanol–water partition coefficient (Wildman–Crippen LogP) is 1.67. The number of benzene rings is 2. The summed E-state index contributed by atoms with van der Waals surface area (Å²) in [6.45, 7) is 0. The smallest absolute Gasteiger partial charge is 0.466 e. The van der Waals surface area contributed by atoms with Crippen LogP contribution in [0.15, 0.2) is 77.3 Å². The Labute approximate surface area is 210 Å². The molecule has 1 heterocycles. The first-order chi connectivity index (χ1) is 17.3. The van der Waals surface area contributed by atoms with Crippen LogP contribution in [0.2, 0.25) is 0 Å². The molecule has 2 N–H and O–H groups in total. The zero-order chi connectivity index (χ0) is 26.5. The minimum Gasteiger partial charge on any atom is -0.466 e. The monoisotopic (exact) mass is 509 g/mol. The number of esters is 2. The fourth-order valence-electron chi connectivity index (χ4n) is 4.20. The minimum absolute atomic E-state index is 0.0270. The number of rotatable bonds is 8. The topological polar surface area (TPSA) is 133 Å². The SMILES string of the molecule is COC(=O)C1=C(C(=O)OC)N(c2ccc([Si](OC)(OC)OC)cc2)C(N)=C(C#N)C1c1ccccc1. The Morgan fingerprint density at radius 3 is 1.92 bits per heavy atom. The second-order valence-electron chi connectivity index (χ2n) is 7.55. The third kappa shape index (κ3) is 4.50. The summed E-state index contributed by atoms with van der Waals surface area (Å²) < 4.78 is 26.7. The highest BCUT2D eigenvalue weighted by Gasteiger charge is 2.44. The molecule has 1 aliphatic rings. The second kappa shape index (κ2) is 11.2. The molecule has 0 amide bonds. The summed E-state index contributed by atoms with van der Waals surface area (Å²) in [6, 6.07) is 17.6. The molecule has 2 aromatic carbocycles. The van der Waals surface area contributed by atoms with Gasteiger partial charge in [-0.25, -0.2) is 9.59 Å². The van der Waals surface area contributed by atoms with Crippen LogP contribution in [0.1, 0.15) is 11.5 Å². The number of nitrogens with zero attached hydrogens (tertiary/aromatic N) is 2. The highest BCUT2D eigenvalue weighted by molar-refractivity contribution is 6.75. The zero-order valence-corrected chi connectivity index (χ0v) is 21.6. The van der Waals surface area contributed by atoms with Crippen molar-refractivity contribution in [2.75, 3.05) is 40.4 Å². The maximum Gasteiger partial charge on any atom is 0.536 e. The van der Waals surface area contributed by atoms with Crippen molar-refractivity contribution in [2.24, 2.45) is 5.73 Å². The van der Waals surface area contributed by atoms with Crippen molar-refractivity contribution in [3.05, 3.63) is 82.8 Å². The van der Waals surface area contributed by atoms with Crippen molar-refractivity contribution in [2.45, 2.75) is 5.92 Å². The van der Waals surface area contributed by atoms with Gasteiger partial charge in [-0.05, 0) is 17.7 Å². The van der Waals surface area contributed by atoms with Crippen molar-refractivity contribution in [3.8, 4) is 6.07 Å². The number of methoxy groups -OCH3 is 2. The van der Waals surface area contributed by atoms with Gasteiger partial charge in [0.1, 0.15) is 11.5 Å². The van der Waals surface area contributed by atoms with E-state index in [9.17, 15) is 14.9 Å². The van der Waals surface area contributed by atoms with Crippen LogP contribution in [0.3, 0.4) is 0 Å². The Kier molecular flexibility index (Phi) is 8.28. The van der Waals surface area contributed by atoms with E-state index in [1.807, 2.05) is 0 Å². The number of carbonyl (C=O) groups excluding carboxylic acids is 2. The lowest BCUT2D eigenvalue weighted by molar-refractivity contribution is -0.139. The van der Waals surface area contributed by atoms with E-state index in [4.69, 9.17) is 28.5 Å². The molecule has 36 heavy (non-hydrogen) atoms. The lowest BCUT2D eigenvalue weighted by atomic mass is 9.81. The number of allylic oxidation sites excluding steroid dienone is 1. The molecule has 0 aromatic heterocycles. The largest absolute Gasteiger partial charge is 0.536 e. The maximum atomic E-state index is 13.1. The summed E-state index contributed by atoms with van der Waals surface area (Å²) in [5, 5.41) is 10.8. The Morgan fingerprint density at radius 2 is 1.44 bits per heavy atom. The quantitative estimate of drug-likeness (QED) is 0.414. The van der Waals surface area contributed by atoms with Gasteiger partial charge < -0.3 is 28.5 Å². The van der Waals surface area contributed by atoms with Gasteiger partial charge in [0, 0.05) is 32.2 Å². The normalized spacial score (nSPS) is 16.0. The van der Waals surface area contributed by atoms with Crippen molar-refractivity contribution in [3.63, 3.8) is 0 Å². The predicted molar refractivity (Wildman–Crippen MR) is 132 cm³/mol. The minimum atomic E-state index is -3.13. The van der Waals surface area contributed by atoms with Crippen LogP contribution in [-0.2, 0) is 32.3 Å². The number of hydrogen-bond donors (Lipinski definition) is 1. The molecule has 0 aliphatic carbocycles. The van der Waals surface area contributed by atoms with Crippen LogP contribution in [-0.4, -0.2) is 56.3 Å². The van der Waals surface area contributed by atoms with Crippen LogP contribution in [0.4, 0.5) is 5.69 Å². The summed E-state index contributed by atoms with van der Waals surface area (Å²) in [4.78, 5) is 27.5. The molecule has 0 fully saturated rings. The van der Waals surface area contributed by atoms with Crippen LogP contribution in [0.25, 0.3) is 0 Å². The van der Waals surface area contributed by atoms with Crippen molar-refractivity contribution in [1.82, 2.24) is 0 Å². The Hall–Kier alpha value is -3.95. The van der Waals surface area contributed by atoms with Crippen LogP contribution in [0.5, 0.6) is 0 Å². The number of nitriles is 1. The maximum absolute atomic E-state index is 13.1. The van der Waals surface area contributed by atoms with Gasteiger partial charge in [-0.3, -0.25) is 4.90 Å². The first-order valence-corrected chi connectivity index (χ1v) is 12.5. The van der Waals surface area contributed by atoms with E-state index < -0.39 is 26.7 Å². The molecular weight excluding hydrogens is 482 g/mol. The Morgan fingerprint density at radius 1 is 0.889 bits per heavy atom. The lowest BCUT2D eigenvalue weighted by Crippen LogP contribution is -2.54. The van der Waals surface area contributed by atoms with Crippen molar-refractivity contribution in [1.29, 1.82) is 5.26 Å². The van der Waals surface area contributed by atoms with E-state index in [1.54, 1.807) is 54.6 Å². The molecule has 0 spiro atoms. The molecule has 2 aromatic rings. The van der Waals surface area contributed by atoms with Crippen LogP contribution >= 0.6 is 0 Å². The van der Waals surface area contributed by atoms with Gasteiger partial charge in [0.25, 0.3) is 0 Å². The Bertz CT molecular complexity index is 1220. The highest BCUT2D eigenvalue weighted by Crippen LogP contribution is 2.43. The van der Waals surface area contributed by atoms with Crippen LogP contribution < -0.4 is 15.8 Å². The molecule has 1 atom stereocenters. The van der Waals surface area contributed by atoms with Gasteiger partial charge in [-0.2, -0.15) is 5.26 Å². The number of carbonyl (C=O) groups is 2. The number of ether oxygens (including phenoxy) is 2. The molecule has 0 radical (unpaired) electrons. The summed E-state index contributed by atoms with van der Waals surface area (Å²) in [5.41, 5.74) is 7.34. The summed E-state index contributed by atoms with van der Waals surface area (Å²) in [5.74, 6) is -2.59. The molecule has 10 nitrogen and oxygen atoms in total. The molecule has 0 saturated carbocycles. The molecule has 1 aliphatic heterocycles. The average Bonchev–Trinajstić information content (AvgIpc) is 2.93. The summed E-state index contributed by atoms with van der Waals surface area (Å²) >= 11 is 0. The fraction of sp³-hybridized carbons (Fsp3) is 0.240. The summed E-state index contributed by atoms with van der Waals surface area (Å²) in [6.07, 6.45) is 0. The third-order valence-corrected chi connectivity index (χ3v) is 8.55. The Balaban J connectivity index is 2.31. The van der Waals surface area contributed by atoms with Crippen molar-refractivity contribution < 1.29 is 32.3 Å². The van der Waals surface area contributed by atoms with E-state index in [0.717, 1.165) is 0 Å². The first-order valence-electron chi connectivity index (χ1n) is 10.8. The number of anilines is 1. The zero-order valence-electron chi connectivity index (χ0n) is 20.6. The van der Waals surface area contributed by atoms with E-state index in [2.05, 4.69) is 6.07 Å². The van der Waals surface area contributed by atoms with Gasteiger partial charge in [0.05, 0.1) is 37.4 Å². The van der Waals surface area contributed by atoms with Gasteiger partial charge in [-0.1, -0.05) is 42.5 Å². The standard InChI is InChI=1S/C25H27N3O7Si/c1-31-24(29)21-20(16-9-7-6-8-10-16)19(15-26)23(27)28(22(21)25(30)32-2)17-11-13-18(14-12-17)36(33-3,34-4)35-5/h6-14,20H,27H2,1-5H3. The van der Waals surface area contributed by atoms with Gasteiger partial charge in [0.15, 0.2) is 0 Å². The average molecular weight is 510 g/mol. The molecule has 0 bridgehead atoms. The van der Waals surface area contributed by atoms with E-state index >= 15 is 0 Å². The van der Waals surface area contributed by atoms with E-state index in [-0.39, 0.29) is 22.7 Å². The van der Waals surface area contributed by atoms with Crippen molar-refractivity contribution >= 4 is 31.6 Å². The van der Waals surface area contributed by atoms with E-state index in [0.29, 0.717) is 16.4 Å². The molecule has 11 heteroatoms. The van der Waals surface area contributed by atoms with E-state index in [1.165, 1.54) is 40.4 Å². The summed E-state index contributed by atoms with van der Waals surface area (Å²) in [7, 11) is 3.72. The number of nitrogens with two attached hydrogens (primary N) is 1. The third-order valence-electron chi connectivity index (χ3n) is 5.90. The first kappa shape index (κ1) is 26.6. The molecule has 1 unspecified atom stereocenters. The van der Waals surface area contributed by atoms with Gasteiger partial charge in [-0.15, -0.1) is 0 Å². The highest BCUT2D eigenvalue weighted by atomic mass is 28.4. The fourth-order valence-corrected chi connectivity index (χ4v) is 5.98. The van der Waals surface area contributed by atoms with Gasteiger partial charge in [0.2, 0.25) is 0 Å². The van der Waals surface area contributed by atoms with Gasteiger partial charge >= 0.3 is 20.7 Å². The number of hydrogen-bond acceptors (Lipinski definition) is 10.